The summed E-state index contributed by atoms with van der Waals surface area (Å²) in [6.45, 7) is 6.32. The van der Waals surface area contributed by atoms with Gasteiger partial charge in [-0.3, -0.25) is 0 Å². The molecule has 2 fully saturated rings. The first-order chi connectivity index (χ1) is 15.3. The minimum Gasteiger partial charge on any atom is -0.491 e. The van der Waals surface area contributed by atoms with Crippen molar-refractivity contribution >= 4 is 12.1 Å². The number of carbonyl (C=O) groups excluding carboxylic acids is 1. The van der Waals surface area contributed by atoms with Gasteiger partial charge in [-0.2, -0.15) is 5.26 Å². The van der Waals surface area contributed by atoms with Crippen LogP contribution in [0.5, 0.6) is 5.75 Å². The highest BCUT2D eigenvalue weighted by Crippen LogP contribution is 2.39. The van der Waals surface area contributed by atoms with Crippen LogP contribution in [-0.2, 0) is 0 Å². The highest BCUT2D eigenvalue weighted by molar-refractivity contribution is 5.74. The molecule has 9 nitrogen and oxygen atoms in total. The van der Waals surface area contributed by atoms with Gasteiger partial charge >= 0.3 is 12.1 Å². The summed E-state index contributed by atoms with van der Waals surface area (Å²) in [5.74, 6) is 1.35. The lowest BCUT2D eigenvalue weighted by Gasteiger charge is -2.43. The van der Waals surface area contributed by atoms with E-state index in [0.29, 0.717) is 29.7 Å². The van der Waals surface area contributed by atoms with Gasteiger partial charge in [-0.15, -0.1) is 0 Å². The second-order valence-electron chi connectivity index (χ2n) is 9.12. The number of likely N-dealkylation sites (tertiary alicyclic amines) is 1. The number of carbonyl (C=O) groups is 2. The van der Waals surface area contributed by atoms with Crippen LogP contribution in [0.3, 0.4) is 0 Å². The molecule has 3 atom stereocenters. The zero-order chi connectivity index (χ0) is 23.3. The Balaban J connectivity index is 1.57. The van der Waals surface area contributed by atoms with Crippen molar-refractivity contribution in [1.82, 2.24) is 20.4 Å². The number of urea groups is 1. The topological polar surface area (TPSA) is 118 Å². The molecule has 0 aromatic heterocycles. The van der Waals surface area contributed by atoms with E-state index in [1.165, 1.54) is 0 Å². The molecule has 1 aliphatic heterocycles. The largest absolute Gasteiger partial charge is 0.491 e. The summed E-state index contributed by atoms with van der Waals surface area (Å²) in [6, 6.07) is 8.71. The van der Waals surface area contributed by atoms with Crippen LogP contribution in [0.4, 0.5) is 9.59 Å². The number of amides is 3. The second-order valence-corrected chi connectivity index (χ2v) is 9.12. The summed E-state index contributed by atoms with van der Waals surface area (Å²) in [4.78, 5) is 28.0. The molecule has 3 N–H and O–H groups in total. The van der Waals surface area contributed by atoms with Crippen LogP contribution in [-0.4, -0.2) is 78.4 Å². The number of nitriles is 1. The molecule has 1 aromatic carbocycles. The van der Waals surface area contributed by atoms with Crippen LogP contribution in [0.2, 0.25) is 0 Å². The maximum absolute atomic E-state index is 12.5. The molecule has 1 saturated carbocycles. The van der Waals surface area contributed by atoms with Gasteiger partial charge < -0.3 is 30.3 Å². The van der Waals surface area contributed by atoms with Crippen LogP contribution in [0, 0.1) is 23.2 Å². The van der Waals surface area contributed by atoms with Crippen molar-refractivity contribution in [3.63, 3.8) is 0 Å². The smallest absolute Gasteiger partial charge is 0.405 e. The van der Waals surface area contributed by atoms with E-state index in [-0.39, 0.29) is 30.8 Å². The standard InChI is InChI=1S/C23H33N5O4/c1-15(2)25-22(29)27(3)21-17-6-7-18(21)12-28(11-17)13-19(26-23(30)31)14-32-20-8-4-16(10-24)5-9-20/h4-5,8-9,15,17-19,21,26H,6-7,11-14H2,1-3H3,(H,25,29)(H,30,31)/t17?,18?,19-,21?/m0/s1. The van der Waals surface area contributed by atoms with Gasteiger partial charge in [0.15, 0.2) is 0 Å². The summed E-state index contributed by atoms with van der Waals surface area (Å²) in [7, 11) is 1.88. The Hall–Kier alpha value is -2.99. The molecule has 32 heavy (non-hydrogen) atoms. The van der Waals surface area contributed by atoms with E-state index in [1.807, 2.05) is 25.8 Å². The molecule has 1 heterocycles. The Morgan fingerprint density at radius 2 is 1.84 bits per heavy atom. The quantitative estimate of drug-likeness (QED) is 0.568. The van der Waals surface area contributed by atoms with Crippen molar-refractivity contribution in [3.8, 4) is 11.8 Å². The van der Waals surface area contributed by atoms with E-state index in [4.69, 9.17) is 10.00 Å². The van der Waals surface area contributed by atoms with Gasteiger partial charge in [-0.1, -0.05) is 0 Å². The summed E-state index contributed by atoms with van der Waals surface area (Å²) in [6.07, 6.45) is 1.06. The number of hydrogen-bond donors (Lipinski definition) is 3. The van der Waals surface area contributed by atoms with Crippen molar-refractivity contribution in [2.75, 3.05) is 33.3 Å². The molecule has 9 heteroatoms. The van der Waals surface area contributed by atoms with Crippen molar-refractivity contribution in [2.45, 2.75) is 44.8 Å². The molecule has 1 aromatic rings. The zero-order valence-corrected chi connectivity index (χ0v) is 19.0. The normalized spacial score (nSPS) is 23.3. The molecule has 1 aliphatic carbocycles. The number of fused-ring (bicyclic) bond motifs is 2. The fourth-order valence-electron chi connectivity index (χ4n) is 5.01. The summed E-state index contributed by atoms with van der Waals surface area (Å²) < 4.78 is 5.78. The second kappa shape index (κ2) is 10.6. The van der Waals surface area contributed by atoms with Gasteiger partial charge in [0.1, 0.15) is 12.4 Å². The maximum Gasteiger partial charge on any atom is 0.405 e. The van der Waals surface area contributed by atoms with Crippen LogP contribution < -0.4 is 15.4 Å². The molecule has 2 unspecified atom stereocenters. The Bertz CT molecular complexity index is 824. The van der Waals surface area contributed by atoms with E-state index >= 15 is 0 Å². The molecule has 2 bridgehead atoms. The van der Waals surface area contributed by atoms with Crippen LogP contribution >= 0.6 is 0 Å². The van der Waals surface area contributed by atoms with Gasteiger partial charge in [-0.25, -0.2) is 9.59 Å². The van der Waals surface area contributed by atoms with Gasteiger partial charge in [0.25, 0.3) is 0 Å². The summed E-state index contributed by atoms with van der Waals surface area (Å²) >= 11 is 0. The van der Waals surface area contributed by atoms with Crippen molar-refractivity contribution in [1.29, 1.82) is 5.26 Å². The molecule has 0 radical (unpaired) electrons. The molecule has 0 spiro atoms. The highest BCUT2D eigenvalue weighted by atomic mass is 16.5. The molecular weight excluding hydrogens is 410 g/mol. The molecule has 1 saturated heterocycles. The summed E-state index contributed by atoms with van der Waals surface area (Å²) in [5.41, 5.74) is 0.544. The maximum atomic E-state index is 12.5. The van der Waals surface area contributed by atoms with Crippen molar-refractivity contribution < 1.29 is 19.4 Å². The van der Waals surface area contributed by atoms with E-state index in [9.17, 15) is 14.7 Å². The first kappa shape index (κ1) is 23.7. The Kier molecular flexibility index (Phi) is 7.80. The van der Waals surface area contributed by atoms with Gasteiger partial charge in [0.05, 0.1) is 17.7 Å². The molecule has 3 rings (SSSR count). The third kappa shape index (κ3) is 6.04. The number of ether oxygens (including phenoxy) is 1. The third-order valence-electron chi connectivity index (χ3n) is 6.28. The number of nitrogens with zero attached hydrogens (tertiary/aromatic N) is 3. The SMILES string of the molecule is CC(C)NC(=O)N(C)C1C2CCC1CN(C[C@@H](COc1ccc(C#N)cc1)NC(=O)O)C2. The molecule has 2 aliphatic rings. The number of piperidine rings is 1. The highest BCUT2D eigenvalue weighted by Gasteiger charge is 2.45. The van der Waals surface area contributed by atoms with Gasteiger partial charge in [0.2, 0.25) is 0 Å². The van der Waals surface area contributed by atoms with E-state index in [2.05, 4.69) is 21.6 Å². The first-order valence-corrected chi connectivity index (χ1v) is 11.1. The van der Waals surface area contributed by atoms with Gasteiger partial charge in [0, 0.05) is 38.8 Å². The third-order valence-corrected chi connectivity index (χ3v) is 6.28. The lowest BCUT2D eigenvalue weighted by molar-refractivity contribution is 0.0659. The lowest BCUT2D eigenvalue weighted by atomic mass is 9.90. The predicted molar refractivity (Wildman–Crippen MR) is 119 cm³/mol. The lowest BCUT2D eigenvalue weighted by Crippen LogP contribution is -2.57. The number of carboxylic acid groups (broad SMARTS) is 1. The van der Waals surface area contributed by atoms with Crippen molar-refractivity contribution in [2.24, 2.45) is 11.8 Å². The number of nitrogens with one attached hydrogen (secondary N) is 2. The van der Waals surface area contributed by atoms with E-state index in [1.54, 1.807) is 24.3 Å². The Labute approximate surface area is 189 Å². The average Bonchev–Trinajstić information content (AvgIpc) is 3.01. The van der Waals surface area contributed by atoms with E-state index < -0.39 is 6.09 Å². The summed E-state index contributed by atoms with van der Waals surface area (Å²) in [5, 5.41) is 23.7. The number of hydrogen-bond acceptors (Lipinski definition) is 5. The number of benzene rings is 1. The monoisotopic (exact) mass is 443 g/mol. The van der Waals surface area contributed by atoms with Crippen molar-refractivity contribution in [3.05, 3.63) is 29.8 Å². The zero-order valence-electron chi connectivity index (χ0n) is 19.0. The Morgan fingerprint density at radius 1 is 1.22 bits per heavy atom. The molecule has 174 valence electrons. The number of rotatable bonds is 8. The first-order valence-electron chi connectivity index (χ1n) is 11.1. The minimum atomic E-state index is -1.08. The van der Waals surface area contributed by atoms with Crippen LogP contribution in [0.15, 0.2) is 24.3 Å². The average molecular weight is 444 g/mol. The van der Waals surface area contributed by atoms with Gasteiger partial charge in [-0.05, 0) is 62.8 Å². The van der Waals surface area contributed by atoms with Crippen LogP contribution in [0.1, 0.15) is 32.3 Å². The molecule has 3 amide bonds. The Morgan fingerprint density at radius 3 is 2.38 bits per heavy atom. The van der Waals surface area contributed by atoms with E-state index in [0.717, 1.165) is 25.9 Å². The minimum absolute atomic E-state index is 0.0309. The fourth-order valence-corrected chi connectivity index (χ4v) is 5.01. The molecular formula is C23H33N5O4. The fraction of sp³-hybridized carbons (Fsp3) is 0.609. The van der Waals surface area contributed by atoms with Crippen LogP contribution in [0.25, 0.3) is 0 Å². The predicted octanol–water partition coefficient (Wildman–Crippen LogP) is 2.33.